The number of rotatable bonds is 6. The van der Waals surface area contributed by atoms with Gasteiger partial charge in [-0.3, -0.25) is 10.1 Å². The number of benzene rings is 1. The first-order valence-electron chi connectivity index (χ1n) is 6.31. The van der Waals surface area contributed by atoms with Crippen LogP contribution in [0.4, 0.5) is 5.69 Å². The highest BCUT2D eigenvalue weighted by molar-refractivity contribution is 6.30. The van der Waals surface area contributed by atoms with Gasteiger partial charge in [-0.05, 0) is 31.2 Å². The lowest BCUT2D eigenvalue weighted by Gasteiger charge is -2.03. The van der Waals surface area contributed by atoms with E-state index in [0.717, 1.165) is 18.7 Å². The normalized spacial score (nSPS) is 10.7. The van der Waals surface area contributed by atoms with Crippen LogP contribution in [-0.4, -0.2) is 21.2 Å². The lowest BCUT2D eigenvalue weighted by molar-refractivity contribution is -0.384. The van der Waals surface area contributed by atoms with Gasteiger partial charge in [-0.1, -0.05) is 18.5 Å². The molecule has 0 saturated heterocycles. The summed E-state index contributed by atoms with van der Waals surface area (Å²) in [5.74, 6) is 0. The van der Waals surface area contributed by atoms with Gasteiger partial charge in [0.25, 0.3) is 5.69 Å². The fourth-order valence-electron chi connectivity index (χ4n) is 1.82. The molecule has 0 radical (unpaired) electrons. The van der Waals surface area contributed by atoms with Gasteiger partial charge >= 0.3 is 0 Å². The first-order chi connectivity index (χ1) is 9.61. The summed E-state index contributed by atoms with van der Waals surface area (Å²) in [6, 6.07) is 6.37. The molecule has 0 unspecified atom stereocenters. The highest BCUT2D eigenvalue weighted by Gasteiger charge is 2.16. The van der Waals surface area contributed by atoms with E-state index >= 15 is 0 Å². The van der Waals surface area contributed by atoms with E-state index in [0.29, 0.717) is 17.3 Å². The zero-order chi connectivity index (χ0) is 14.5. The molecule has 1 heterocycles. The van der Waals surface area contributed by atoms with Crippen LogP contribution in [0.1, 0.15) is 19.0 Å². The maximum absolute atomic E-state index is 11.1. The topological polar surface area (TPSA) is 73.0 Å². The van der Waals surface area contributed by atoms with Crippen LogP contribution in [-0.2, 0) is 6.54 Å². The van der Waals surface area contributed by atoms with Gasteiger partial charge in [0.2, 0.25) is 0 Å². The molecule has 0 aliphatic heterocycles. The zero-order valence-electron chi connectivity index (χ0n) is 11.0. The summed E-state index contributed by atoms with van der Waals surface area (Å²) in [7, 11) is 0. The molecule has 2 rings (SSSR count). The van der Waals surface area contributed by atoms with E-state index < -0.39 is 4.92 Å². The SMILES string of the molecule is CCCNCc1ccn(-c2ccc(Cl)cc2[N+](=O)[O-])n1. The number of hydrogen-bond donors (Lipinski definition) is 1. The molecular weight excluding hydrogens is 280 g/mol. The Balaban J connectivity index is 2.25. The molecule has 0 aliphatic rings. The van der Waals surface area contributed by atoms with Crippen LogP contribution in [0.25, 0.3) is 5.69 Å². The summed E-state index contributed by atoms with van der Waals surface area (Å²) in [5.41, 5.74) is 1.18. The Morgan fingerprint density at radius 3 is 2.95 bits per heavy atom. The number of nitro benzene ring substituents is 1. The number of nitrogens with one attached hydrogen (secondary N) is 1. The predicted molar refractivity (Wildman–Crippen MR) is 77.2 cm³/mol. The van der Waals surface area contributed by atoms with Crippen LogP contribution in [0, 0.1) is 10.1 Å². The zero-order valence-corrected chi connectivity index (χ0v) is 11.8. The number of hydrogen-bond acceptors (Lipinski definition) is 4. The van der Waals surface area contributed by atoms with Gasteiger partial charge in [0.15, 0.2) is 0 Å². The van der Waals surface area contributed by atoms with Crippen LogP contribution in [0.2, 0.25) is 5.02 Å². The largest absolute Gasteiger partial charge is 0.311 e. The van der Waals surface area contributed by atoms with Crippen molar-refractivity contribution in [2.24, 2.45) is 0 Å². The van der Waals surface area contributed by atoms with Gasteiger partial charge in [-0.2, -0.15) is 5.10 Å². The maximum Gasteiger partial charge on any atom is 0.296 e. The van der Waals surface area contributed by atoms with E-state index in [4.69, 9.17) is 11.6 Å². The average molecular weight is 295 g/mol. The molecule has 6 nitrogen and oxygen atoms in total. The predicted octanol–water partition coefficient (Wildman–Crippen LogP) is 2.93. The van der Waals surface area contributed by atoms with Gasteiger partial charge in [0.05, 0.1) is 10.6 Å². The second-order valence-electron chi connectivity index (χ2n) is 4.32. The van der Waals surface area contributed by atoms with Crippen molar-refractivity contribution in [3.63, 3.8) is 0 Å². The van der Waals surface area contributed by atoms with Gasteiger partial charge in [0, 0.05) is 23.8 Å². The van der Waals surface area contributed by atoms with Gasteiger partial charge in [-0.15, -0.1) is 0 Å². The first kappa shape index (κ1) is 14.5. The molecule has 0 spiro atoms. The van der Waals surface area contributed by atoms with Crippen molar-refractivity contribution in [1.82, 2.24) is 15.1 Å². The maximum atomic E-state index is 11.1. The van der Waals surface area contributed by atoms with Crippen LogP contribution in [0.3, 0.4) is 0 Å². The minimum Gasteiger partial charge on any atom is -0.311 e. The van der Waals surface area contributed by atoms with Crippen molar-refractivity contribution in [3.05, 3.63) is 51.3 Å². The number of nitrogens with zero attached hydrogens (tertiary/aromatic N) is 3. The van der Waals surface area contributed by atoms with Crippen molar-refractivity contribution in [2.75, 3.05) is 6.54 Å². The molecule has 20 heavy (non-hydrogen) atoms. The Hall–Kier alpha value is -1.92. The molecule has 0 aliphatic carbocycles. The standard InChI is InChI=1S/C13H15ClN4O2/c1-2-6-15-9-11-5-7-17(16-11)12-4-3-10(14)8-13(12)18(19)20/h3-5,7-8,15H,2,6,9H2,1H3. The molecule has 0 bridgehead atoms. The first-order valence-corrected chi connectivity index (χ1v) is 6.69. The molecule has 0 atom stereocenters. The van der Waals surface area contributed by atoms with Crippen molar-refractivity contribution < 1.29 is 4.92 Å². The molecule has 0 fully saturated rings. The quantitative estimate of drug-likeness (QED) is 0.505. The molecule has 1 aromatic heterocycles. The third-order valence-corrected chi connectivity index (χ3v) is 2.99. The van der Waals surface area contributed by atoms with Crippen LogP contribution in [0.15, 0.2) is 30.5 Å². The van der Waals surface area contributed by atoms with Gasteiger partial charge in [0.1, 0.15) is 5.69 Å². The van der Waals surface area contributed by atoms with Crippen molar-refractivity contribution in [1.29, 1.82) is 0 Å². The molecule has 1 N–H and O–H groups in total. The second kappa shape index (κ2) is 6.49. The van der Waals surface area contributed by atoms with Crippen LogP contribution < -0.4 is 5.32 Å². The van der Waals surface area contributed by atoms with Gasteiger partial charge < -0.3 is 5.32 Å². The molecule has 7 heteroatoms. The summed E-state index contributed by atoms with van der Waals surface area (Å²) in [4.78, 5) is 10.6. The van der Waals surface area contributed by atoms with E-state index in [1.165, 1.54) is 10.7 Å². The Bertz CT molecular complexity index is 612. The minimum atomic E-state index is -0.460. The highest BCUT2D eigenvalue weighted by atomic mass is 35.5. The molecule has 0 saturated carbocycles. The minimum absolute atomic E-state index is 0.0614. The Labute approximate surface area is 121 Å². The second-order valence-corrected chi connectivity index (χ2v) is 4.76. The third-order valence-electron chi connectivity index (χ3n) is 2.76. The molecule has 1 aromatic carbocycles. The number of nitro groups is 1. The van der Waals surface area contributed by atoms with E-state index in [-0.39, 0.29) is 5.69 Å². The summed E-state index contributed by atoms with van der Waals surface area (Å²) in [5, 5.41) is 19.0. The third kappa shape index (κ3) is 3.34. The lowest BCUT2D eigenvalue weighted by Crippen LogP contribution is -2.14. The Morgan fingerprint density at radius 2 is 2.25 bits per heavy atom. The fourth-order valence-corrected chi connectivity index (χ4v) is 1.99. The summed E-state index contributed by atoms with van der Waals surface area (Å²) in [6.45, 7) is 3.64. The number of halogens is 1. The molecular formula is C13H15ClN4O2. The van der Waals surface area contributed by atoms with Crippen LogP contribution >= 0.6 is 11.6 Å². The van der Waals surface area contributed by atoms with Crippen molar-refractivity contribution in [2.45, 2.75) is 19.9 Å². The lowest BCUT2D eigenvalue weighted by atomic mass is 10.3. The smallest absolute Gasteiger partial charge is 0.296 e. The van der Waals surface area contributed by atoms with E-state index in [1.807, 2.05) is 6.07 Å². The molecule has 2 aromatic rings. The average Bonchev–Trinajstić information content (AvgIpc) is 2.87. The summed E-state index contributed by atoms with van der Waals surface area (Å²) < 4.78 is 1.50. The number of aromatic nitrogens is 2. The monoisotopic (exact) mass is 294 g/mol. The highest BCUT2D eigenvalue weighted by Crippen LogP contribution is 2.26. The van der Waals surface area contributed by atoms with E-state index in [9.17, 15) is 10.1 Å². The molecule has 106 valence electrons. The van der Waals surface area contributed by atoms with E-state index in [2.05, 4.69) is 17.3 Å². The van der Waals surface area contributed by atoms with Crippen molar-refractivity contribution in [3.8, 4) is 5.69 Å². The molecule has 0 amide bonds. The summed E-state index contributed by atoms with van der Waals surface area (Å²) in [6.07, 6.45) is 2.75. The van der Waals surface area contributed by atoms with Crippen molar-refractivity contribution >= 4 is 17.3 Å². The summed E-state index contributed by atoms with van der Waals surface area (Å²) >= 11 is 5.79. The fraction of sp³-hybridized carbons (Fsp3) is 0.308. The van der Waals surface area contributed by atoms with Crippen LogP contribution in [0.5, 0.6) is 0 Å². The van der Waals surface area contributed by atoms with Gasteiger partial charge in [-0.25, -0.2) is 4.68 Å². The Kier molecular flexibility index (Phi) is 4.70. The van der Waals surface area contributed by atoms with E-state index in [1.54, 1.807) is 18.3 Å². The Morgan fingerprint density at radius 1 is 1.45 bits per heavy atom.